The molecule has 0 unspecified atom stereocenters. The summed E-state index contributed by atoms with van der Waals surface area (Å²) >= 11 is 2.35. The molecule has 0 bridgehead atoms. The van der Waals surface area contributed by atoms with E-state index in [1.165, 1.54) is 0 Å². The SMILES string of the molecule is NCCC(=O)N1CC(I)C1. The van der Waals surface area contributed by atoms with Gasteiger partial charge in [-0.1, -0.05) is 22.6 Å². The van der Waals surface area contributed by atoms with Gasteiger partial charge >= 0.3 is 0 Å². The van der Waals surface area contributed by atoms with Gasteiger partial charge in [-0.25, -0.2) is 0 Å². The van der Waals surface area contributed by atoms with E-state index in [1.807, 2.05) is 4.90 Å². The van der Waals surface area contributed by atoms with Gasteiger partial charge in [0.2, 0.25) is 5.91 Å². The normalized spacial score (nSPS) is 18.8. The van der Waals surface area contributed by atoms with Crippen LogP contribution in [0.25, 0.3) is 0 Å². The molecule has 1 aliphatic heterocycles. The Labute approximate surface area is 74.1 Å². The van der Waals surface area contributed by atoms with Crippen LogP contribution in [-0.4, -0.2) is 34.4 Å². The van der Waals surface area contributed by atoms with E-state index in [1.54, 1.807) is 0 Å². The molecular formula is C6H11IN2O. The van der Waals surface area contributed by atoms with Crippen molar-refractivity contribution < 1.29 is 4.79 Å². The zero-order valence-electron chi connectivity index (χ0n) is 5.72. The molecule has 3 nitrogen and oxygen atoms in total. The molecule has 0 atom stereocenters. The van der Waals surface area contributed by atoms with E-state index < -0.39 is 0 Å². The van der Waals surface area contributed by atoms with Crippen LogP contribution in [0.1, 0.15) is 6.42 Å². The molecule has 0 aromatic rings. The van der Waals surface area contributed by atoms with E-state index >= 15 is 0 Å². The van der Waals surface area contributed by atoms with E-state index in [-0.39, 0.29) is 5.91 Å². The Kier molecular flexibility index (Phi) is 2.91. The van der Waals surface area contributed by atoms with Gasteiger partial charge in [-0.2, -0.15) is 0 Å². The Bertz CT molecular complexity index is 134. The predicted molar refractivity (Wildman–Crippen MR) is 48.1 cm³/mol. The maximum absolute atomic E-state index is 11.0. The average Bonchev–Trinajstić information content (AvgIpc) is 1.82. The number of hydrogen-bond donors (Lipinski definition) is 1. The van der Waals surface area contributed by atoms with Crippen molar-refractivity contribution in [2.75, 3.05) is 19.6 Å². The molecule has 58 valence electrons. The number of carbonyl (C=O) groups is 1. The smallest absolute Gasteiger partial charge is 0.223 e. The predicted octanol–water partition coefficient (Wildman–Crippen LogP) is -0.0190. The summed E-state index contributed by atoms with van der Waals surface area (Å²) in [5.74, 6) is 0.204. The Morgan fingerprint density at radius 3 is 2.70 bits per heavy atom. The molecule has 1 heterocycles. The Morgan fingerprint density at radius 1 is 1.70 bits per heavy atom. The minimum atomic E-state index is 0.204. The van der Waals surface area contributed by atoms with Gasteiger partial charge in [0.05, 0.1) is 0 Å². The van der Waals surface area contributed by atoms with Gasteiger partial charge in [-0.3, -0.25) is 4.79 Å². The summed E-state index contributed by atoms with van der Waals surface area (Å²) in [7, 11) is 0. The average molecular weight is 254 g/mol. The summed E-state index contributed by atoms with van der Waals surface area (Å²) in [4.78, 5) is 12.9. The van der Waals surface area contributed by atoms with Gasteiger partial charge in [0, 0.05) is 30.0 Å². The summed E-state index contributed by atoms with van der Waals surface area (Å²) in [5.41, 5.74) is 5.23. The van der Waals surface area contributed by atoms with Gasteiger partial charge in [-0.15, -0.1) is 0 Å². The second kappa shape index (κ2) is 3.52. The zero-order valence-corrected chi connectivity index (χ0v) is 7.87. The lowest BCUT2D eigenvalue weighted by molar-refractivity contribution is -0.133. The first-order valence-corrected chi connectivity index (χ1v) is 4.60. The molecule has 0 radical (unpaired) electrons. The molecule has 1 saturated heterocycles. The lowest BCUT2D eigenvalue weighted by Crippen LogP contribution is -2.50. The van der Waals surface area contributed by atoms with Crippen LogP contribution in [-0.2, 0) is 4.79 Å². The van der Waals surface area contributed by atoms with Gasteiger partial charge in [-0.05, 0) is 0 Å². The van der Waals surface area contributed by atoms with Gasteiger partial charge < -0.3 is 10.6 Å². The van der Waals surface area contributed by atoms with Gasteiger partial charge in [0.25, 0.3) is 0 Å². The fraction of sp³-hybridized carbons (Fsp3) is 0.833. The maximum Gasteiger partial charge on any atom is 0.223 e. The summed E-state index contributed by atoms with van der Waals surface area (Å²) in [6.45, 7) is 2.31. The third-order valence-corrected chi connectivity index (χ3v) is 2.34. The summed E-state index contributed by atoms with van der Waals surface area (Å²) in [5, 5.41) is 0. The number of likely N-dealkylation sites (tertiary alicyclic amines) is 1. The number of hydrogen-bond acceptors (Lipinski definition) is 2. The van der Waals surface area contributed by atoms with Gasteiger partial charge in [0.1, 0.15) is 0 Å². The summed E-state index contributed by atoms with van der Waals surface area (Å²) < 4.78 is 0.666. The number of nitrogens with zero attached hydrogens (tertiary/aromatic N) is 1. The number of alkyl halides is 1. The van der Waals surface area contributed by atoms with Crippen molar-refractivity contribution in [2.45, 2.75) is 10.3 Å². The number of amides is 1. The highest BCUT2D eigenvalue weighted by Gasteiger charge is 2.27. The van der Waals surface area contributed by atoms with Crippen LogP contribution < -0.4 is 5.73 Å². The van der Waals surface area contributed by atoms with Crippen molar-refractivity contribution in [2.24, 2.45) is 5.73 Å². The largest absolute Gasteiger partial charge is 0.340 e. The molecule has 2 N–H and O–H groups in total. The molecule has 0 saturated carbocycles. The number of rotatable bonds is 2. The van der Waals surface area contributed by atoms with Crippen LogP contribution in [0.15, 0.2) is 0 Å². The maximum atomic E-state index is 11.0. The first kappa shape index (κ1) is 8.26. The highest BCUT2D eigenvalue weighted by atomic mass is 127. The van der Waals surface area contributed by atoms with Crippen LogP contribution in [0, 0.1) is 0 Å². The van der Waals surface area contributed by atoms with Crippen LogP contribution in [0.4, 0.5) is 0 Å². The molecule has 10 heavy (non-hydrogen) atoms. The quantitative estimate of drug-likeness (QED) is 0.556. The third kappa shape index (κ3) is 1.82. The lowest BCUT2D eigenvalue weighted by atomic mass is 10.2. The number of carbonyl (C=O) groups excluding carboxylic acids is 1. The molecule has 0 aliphatic carbocycles. The third-order valence-electron chi connectivity index (χ3n) is 1.55. The van der Waals surface area contributed by atoms with Crippen molar-refractivity contribution in [3.05, 3.63) is 0 Å². The fourth-order valence-corrected chi connectivity index (χ4v) is 1.86. The topological polar surface area (TPSA) is 46.3 Å². The summed E-state index contributed by atoms with van der Waals surface area (Å²) in [6.07, 6.45) is 0.503. The van der Waals surface area contributed by atoms with Crippen molar-refractivity contribution in [3.8, 4) is 0 Å². The van der Waals surface area contributed by atoms with Crippen molar-refractivity contribution in [1.29, 1.82) is 0 Å². The summed E-state index contributed by atoms with van der Waals surface area (Å²) in [6, 6.07) is 0. The standard InChI is InChI=1S/C6H11IN2O/c7-5-3-9(4-5)6(10)1-2-8/h5H,1-4,8H2. The van der Waals surface area contributed by atoms with Crippen LogP contribution in [0.2, 0.25) is 0 Å². The Hall–Kier alpha value is 0.160. The van der Waals surface area contributed by atoms with E-state index in [4.69, 9.17) is 5.73 Å². The van der Waals surface area contributed by atoms with Crippen molar-refractivity contribution in [1.82, 2.24) is 4.90 Å². The second-order valence-corrected chi connectivity index (χ2v) is 4.20. The molecule has 0 spiro atoms. The highest BCUT2D eigenvalue weighted by molar-refractivity contribution is 14.1. The van der Waals surface area contributed by atoms with Crippen LogP contribution in [0.5, 0.6) is 0 Å². The fourth-order valence-electron chi connectivity index (χ4n) is 0.910. The Balaban J connectivity index is 2.18. The number of halogens is 1. The molecule has 1 rings (SSSR count). The molecule has 4 heteroatoms. The molecule has 0 aromatic carbocycles. The van der Waals surface area contributed by atoms with Crippen molar-refractivity contribution >= 4 is 28.5 Å². The zero-order chi connectivity index (χ0) is 7.56. The van der Waals surface area contributed by atoms with E-state index in [2.05, 4.69) is 22.6 Å². The minimum Gasteiger partial charge on any atom is -0.340 e. The molecule has 1 aliphatic rings. The van der Waals surface area contributed by atoms with Gasteiger partial charge in [0.15, 0.2) is 0 Å². The van der Waals surface area contributed by atoms with Crippen LogP contribution >= 0.6 is 22.6 Å². The van der Waals surface area contributed by atoms with Crippen molar-refractivity contribution in [3.63, 3.8) is 0 Å². The van der Waals surface area contributed by atoms with E-state index in [9.17, 15) is 4.79 Å². The lowest BCUT2D eigenvalue weighted by Gasteiger charge is -2.35. The molecular weight excluding hydrogens is 243 g/mol. The second-order valence-electron chi connectivity index (χ2n) is 2.43. The minimum absolute atomic E-state index is 0.204. The van der Waals surface area contributed by atoms with E-state index in [0.29, 0.717) is 16.9 Å². The number of nitrogens with two attached hydrogens (primary N) is 1. The molecule has 1 amide bonds. The monoisotopic (exact) mass is 254 g/mol. The highest BCUT2D eigenvalue weighted by Crippen LogP contribution is 2.16. The molecule has 0 aromatic heterocycles. The van der Waals surface area contributed by atoms with Crippen LogP contribution in [0.3, 0.4) is 0 Å². The first-order chi connectivity index (χ1) is 4.74. The first-order valence-electron chi connectivity index (χ1n) is 3.36. The molecule has 1 fully saturated rings. The Morgan fingerprint density at radius 2 is 2.30 bits per heavy atom. The van der Waals surface area contributed by atoms with E-state index in [0.717, 1.165) is 13.1 Å².